The summed E-state index contributed by atoms with van der Waals surface area (Å²) < 4.78 is 7.52. The van der Waals surface area contributed by atoms with E-state index in [9.17, 15) is 4.79 Å². The second kappa shape index (κ2) is 8.86. The van der Waals surface area contributed by atoms with E-state index in [1.54, 1.807) is 6.26 Å². The maximum absolute atomic E-state index is 12.9. The molecule has 0 aliphatic carbocycles. The fourth-order valence-electron chi connectivity index (χ4n) is 3.82. The summed E-state index contributed by atoms with van der Waals surface area (Å²) in [6.07, 6.45) is 6.05. The third-order valence-electron chi connectivity index (χ3n) is 5.41. The Morgan fingerprint density at radius 3 is 2.76 bits per heavy atom. The monoisotopic (exact) mass is 410 g/mol. The highest BCUT2D eigenvalue weighted by atomic mass is 32.2. The molecule has 6 nitrogen and oxygen atoms in total. The summed E-state index contributed by atoms with van der Waals surface area (Å²) in [6.45, 7) is 5.08. The molecule has 3 aromatic rings. The SMILES string of the molecule is CCC1CCCCN1C(=O)CSc1nnc(-c2ccco2)n1-c1ccc(C)cc1. The molecule has 3 heterocycles. The number of furan rings is 1. The van der Waals surface area contributed by atoms with Crippen molar-refractivity contribution in [3.63, 3.8) is 0 Å². The summed E-state index contributed by atoms with van der Waals surface area (Å²) in [7, 11) is 0. The topological polar surface area (TPSA) is 64.2 Å². The fraction of sp³-hybridized carbons (Fsp3) is 0.409. The maximum Gasteiger partial charge on any atom is 0.233 e. The molecular weight excluding hydrogens is 384 g/mol. The molecule has 1 aliphatic heterocycles. The summed E-state index contributed by atoms with van der Waals surface area (Å²) in [5.74, 6) is 1.83. The number of carbonyl (C=O) groups excluding carboxylic acids is 1. The lowest BCUT2D eigenvalue weighted by Gasteiger charge is -2.35. The first-order chi connectivity index (χ1) is 14.2. The first kappa shape index (κ1) is 19.8. The maximum atomic E-state index is 12.9. The highest BCUT2D eigenvalue weighted by molar-refractivity contribution is 7.99. The van der Waals surface area contributed by atoms with E-state index < -0.39 is 0 Å². The predicted molar refractivity (Wildman–Crippen MR) is 114 cm³/mol. The average molecular weight is 411 g/mol. The molecule has 4 rings (SSSR count). The number of hydrogen-bond donors (Lipinski definition) is 0. The summed E-state index contributed by atoms with van der Waals surface area (Å²) in [6, 6.07) is 12.3. The minimum absolute atomic E-state index is 0.180. The Morgan fingerprint density at radius 1 is 1.21 bits per heavy atom. The van der Waals surface area contributed by atoms with E-state index in [-0.39, 0.29) is 5.91 Å². The van der Waals surface area contributed by atoms with Crippen LogP contribution in [0.1, 0.15) is 38.2 Å². The van der Waals surface area contributed by atoms with Crippen LogP contribution in [0.3, 0.4) is 0 Å². The van der Waals surface area contributed by atoms with Gasteiger partial charge in [-0.2, -0.15) is 0 Å². The average Bonchev–Trinajstić information content (AvgIpc) is 3.42. The molecular formula is C22H26N4O2S. The van der Waals surface area contributed by atoms with Crippen molar-refractivity contribution in [1.29, 1.82) is 0 Å². The Balaban J connectivity index is 1.59. The molecule has 7 heteroatoms. The van der Waals surface area contributed by atoms with Gasteiger partial charge in [0.05, 0.1) is 12.0 Å². The molecule has 1 aliphatic rings. The van der Waals surface area contributed by atoms with Crippen LogP contribution in [0.5, 0.6) is 0 Å². The number of carbonyl (C=O) groups is 1. The third kappa shape index (κ3) is 4.24. The Morgan fingerprint density at radius 2 is 2.03 bits per heavy atom. The fourth-order valence-corrected chi connectivity index (χ4v) is 4.66. The Labute approximate surface area is 175 Å². The second-order valence-corrected chi connectivity index (χ2v) is 8.33. The smallest absolute Gasteiger partial charge is 0.233 e. The van der Waals surface area contributed by atoms with Gasteiger partial charge < -0.3 is 9.32 Å². The molecule has 1 aromatic carbocycles. The highest BCUT2D eigenvalue weighted by Gasteiger charge is 2.26. The van der Waals surface area contributed by atoms with Crippen molar-refractivity contribution in [2.45, 2.75) is 50.7 Å². The van der Waals surface area contributed by atoms with Gasteiger partial charge >= 0.3 is 0 Å². The number of thioether (sulfide) groups is 1. The molecule has 0 N–H and O–H groups in total. The lowest BCUT2D eigenvalue weighted by Crippen LogP contribution is -2.44. The van der Waals surface area contributed by atoms with Crippen LogP contribution in [0.2, 0.25) is 0 Å². The van der Waals surface area contributed by atoms with E-state index in [2.05, 4.69) is 41.1 Å². The minimum atomic E-state index is 0.180. The van der Waals surface area contributed by atoms with Crippen molar-refractivity contribution in [1.82, 2.24) is 19.7 Å². The number of benzene rings is 1. The number of rotatable bonds is 6. The molecule has 1 amide bonds. The van der Waals surface area contributed by atoms with Crippen molar-refractivity contribution in [3.05, 3.63) is 48.2 Å². The van der Waals surface area contributed by atoms with E-state index in [1.165, 1.54) is 23.7 Å². The van der Waals surface area contributed by atoms with Gasteiger partial charge in [-0.05, 0) is 56.9 Å². The summed E-state index contributed by atoms with van der Waals surface area (Å²) >= 11 is 1.43. The predicted octanol–water partition coefficient (Wildman–Crippen LogP) is 4.72. The normalized spacial score (nSPS) is 16.9. The van der Waals surface area contributed by atoms with Crippen LogP contribution in [-0.4, -0.2) is 43.9 Å². The van der Waals surface area contributed by atoms with Gasteiger partial charge in [-0.3, -0.25) is 9.36 Å². The van der Waals surface area contributed by atoms with Crippen LogP contribution >= 0.6 is 11.8 Å². The van der Waals surface area contributed by atoms with Crippen molar-refractivity contribution < 1.29 is 9.21 Å². The van der Waals surface area contributed by atoms with Gasteiger partial charge in [0, 0.05) is 18.3 Å². The Bertz CT molecular complexity index is 950. The zero-order chi connectivity index (χ0) is 20.2. The molecule has 29 heavy (non-hydrogen) atoms. The van der Waals surface area contributed by atoms with Crippen molar-refractivity contribution >= 4 is 17.7 Å². The number of amides is 1. The summed E-state index contributed by atoms with van der Waals surface area (Å²) in [5.41, 5.74) is 2.13. The molecule has 1 fully saturated rings. The molecule has 0 spiro atoms. The van der Waals surface area contributed by atoms with Crippen LogP contribution in [0.15, 0.2) is 52.2 Å². The second-order valence-electron chi connectivity index (χ2n) is 7.39. The van der Waals surface area contributed by atoms with Gasteiger partial charge in [0.1, 0.15) is 0 Å². The molecule has 0 bridgehead atoms. The molecule has 0 saturated carbocycles. The quantitative estimate of drug-likeness (QED) is 0.550. The molecule has 1 unspecified atom stereocenters. The minimum Gasteiger partial charge on any atom is -0.461 e. The Hall–Kier alpha value is -2.54. The van der Waals surface area contributed by atoms with Gasteiger partial charge in [0.2, 0.25) is 11.7 Å². The summed E-state index contributed by atoms with van der Waals surface area (Å²) in [5, 5.41) is 9.42. The lowest BCUT2D eigenvalue weighted by atomic mass is 10.0. The van der Waals surface area contributed by atoms with E-state index in [0.717, 1.165) is 31.5 Å². The standard InChI is InChI=1S/C22H26N4O2S/c1-3-17-7-4-5-13-25(17)20(27)15-29-22-24-23-21(19-8-6-14-28-19)26(22)18-11-9-16(2)10-12-18/h6,8-12,14,17H,3-5,7,13,15H2,1-2H3. The van der Waals surface area contributed by atoms with Crippen molar-refractivity contribution in [3.8, 4) is 17.3 Å². The number of aromatic nitrogens is 3. The number of aryl methyl sites for hydroxylation is 1. The lowest BCUT2D eigenvalue weighted by molar-refractivity contribution is -0.132. The molecule has 1 saturated heterocycles. The van der Waals surface area contributed by atoms with Gasteiger partial charge in [0.25, 0.3) is 0 Å². The molecule has 2 aromatic heterocycles. The number of nitrogens with zero attached hydrogens (tertiary/aromatic N) is 4. The molecule has 152 valence electrons. The number of piperidine rings is 1. The van der Waals surface area contributed by atoms with Gasteiger partial charge in [-0.15, -0.1) is 10.2 Å². The van der Waals surface area contributed by atoms with Crippen LogP contribution < -0.4 is 0 Å². The van der Waals surface area contributed by atoms with E-state index in [0.29, 0.717) is 28.5 Å². The van der Waals surface area contributed by atoms with Crippen LogP contribution in [0, 0.1) is 6.92 Å². The largest absolute Gasteiger partial charge is 0.461 e. The van der Waals surface area contributed by atoms with Gasteiger partial charge in [-0.1, -0.05) is 36.4 Å². The van der Waals surface area contributed by atoms with E-state index >= 15 is 0 Å². The summed E-state index contributed by atoms with van der Waals surface area (Å²) in [4.78, 5) is 14.9. The van der Waals surface area contributed by atoms with Gasteiger partial charge in [0.15, 0.2) is 10.9 Å². The zero-order valence-corrected chi connectivity index (χ0v) is 17.7. The first-order valence-electron chi connectivity index (χ1n) is 10.2. The van der Waals surface area contributed by atoms with Crippen LogP contribution in [0.25, 0.3) is 17.3 Å². The number of hydrogen-bond acceptors (Lipinski definition) is 5. The highest BCUT2D eigenvalue weighted by Crippen LogP contribution is 2.29. The van der Waals surface area contributed by atoms with E-state index in [1.807, 2.05) is 28.8 Å². The van der Waals surface area contributed by atoms with Crippen molar-refractivity contribution in [2.24, 2.45) is 0 Å². The Kier molecular flexibility index (Phi) is 6.04. The van der Waals surface area contributed by atoms with Crippen LogP contribution in [-0.2, 0) is 4.79 Å². The molecule has 1 atom stereocenters. The van der Waals surface area contributed by atoms with Crippen LogP contribution in [0.4, 0.5) is 0 Å². The van der Waals surface area contributed by atoms with E-state index in [4.69, 9.17) is 4.42 Å². The zero-order valence-electron chi connectivity index (χ0n) is 16.9. The third-order valence-corrected chi connectivity index (χ3v) is 6.32. The molecule has 0 radical (unpaired) electrons. The van der Waals surface area contributed by atoms with Crippen molar-refractivity contribution in [2.75, 3.05) is 12.3 Å². The number of likely N-dealkylation sites (tertiary alicyclic amines) is 1. The van der Waals surface area contributed by atoms with Gasteiger partial charge in [-0.25, -0.2) is 0 Å². The first-order valence-corrected chi connectivity index (χ1v) is 11.1.